The van der Waals surface area contributed by atoms with Crippen molar-refractivity contribution in [3.8, 4) is 0 Å². The van der Waals surface area contributed by atoms with Crippen LogP contribution in [-0.4, -0.2) is 25.4 Å². The number of alkyl halides is 3. The number of amides is 1. The second kappa shape index (κ2) is 8.47. The van der Waals surface area contributed by atoms with E-state index >= 15 is 0 Å². The predicted octanol–water partition coefficient (Wildman–Crippen LogP) is 3.73. The molecule has 0 aliphatic carbocycles. The van der Waals surface area contributed by atoms with Crippen LogP contribution in [0.3, 0.4) is 0 Å². The zero-order chi connectivity index (χ0) is 23.8. The highest BCUT2D eigenvalue weighted by atomic mass is 32.2. The van der Waals surface area contributed by atoms with Crippen molar-refractivity contribution < 1.29 is 30.8 Å². The van der Waals surface area contributed by atoms with Gasteiger partial charge in [0.15, 0.2) is 0 Å². The summed E-state index contributed by atoms with van der Waals surface area (Å²) in [5.41, 5.74) is 0.956. The second-order valence-electron chi connectivity index (χ2n) is 7.47. The summed E-state index contributed by atoms with van der Waals surface area (Å²) in [5, 5.41) is 5.85. The standard InChI is InChI=1S/C22H17F4N3O3S/c23-16-8-15(22(24,25)26)9-18(10-16)33(31,32)17-3-1-13(2-4-17)11-28-21(30)20-7-14-12-27-6-5-19(14)29-20/h1-6,8-10,12,20,29H,7,11H2,(H,28,30). The van der Waals surface area contributed by atoms with Gasteiger partial charge in [0.1, 0.15) is 11.9 Å². The molecule has 0 saturated heterocycles. The molecular weight excluding hydrogens is 462 g/mol. The van der Waals surface area contributed by atoms with Crippen molar-refractivity contribution in [1.82, 2.24) is 10.3 Å². The van der Waals surface area contributed by atoms with Crippen LogP contribution < -0.4 is 10.6 Å². The molecule has 4 rings (SSSR count). The molecule has 1 aromatic heterocycles. The molecule has 1 aliphatic heterocycles. The number of sulfone groups is 1. The van der Waals surface area contributed by atoms with Crippen LogP contribution in [-0.2, 0) is 33.8 Å². The lowest BCUT2D eigenvalue weighted by Crippen LogP contribution is -2.38. The van der Waals surface area contributed by atoms with Crippen LogP contribution in [0.1, 0.15) is 16.7 Å². The molecule has 1 amide bonds. The Morgan fingerprint density at radius 1 is 1.09 bits per heavy atom. The fraction of sp³-hybridized carbons (Fsp3) is 0.182. The summed E-state index contributed by atoms with van der Waals surface area (Å²) < 4.78 is 77.8. The molecule has 0 radical (unpaired) electrons. The third-order valence-corrected chi connectivity index (χ3v) is 6.93. The van der Waals surface area contributed by atoms with Gasteiger partial charge >= 0.3 is 6.18 Å². The van der Waals surface area contributed by atoms with Gasteiger partial charge < -0.3 is 10.6 Å². The van der Waals surface area contributed by atoms with E-state index < -0.39 is 38.3 Å². The highest BCUT2D eigenvalue weighted by Crippen LogP contribution is 2.33. The molecule has 2 heterocycles. The van der Waals surface area contributed by atoms with Crippen molar-refractivity contribution in [3.05, 3.63) is 83.4 Å². The normalized spacial score (nSPS) is 15.6. The number of halogens is 4. The van der Waals surface area contributed by atoms with Crippen LogP contribution in [0.25, 0.3) is 0 Å². The minimum atomic E-state index is -4.89. The Labute approximate surface area is 186 Å². The molecule has 11 heteroatoms. The molecule has 0 bridgehead atoms. The molecule has 3 aromatic rings. The van der Waals surface area contributed by atoms with Gasteiger partial charge in [-0.1, -0.05) is 12.1 Å². The van der Waals surface area contributed by atoms with Crippen LogP contribution in [0.2, 0.25) is 0 Å². The molecule has 6 nitrogen and oxygen atoms in total. The van der Waals surface area contributed by atoms with Gasteiger partial charge in [-0.15, -0.1) is 0 Å². The van der Waals surface area contributed by atoms with Gasteiger partial charge in [-0.2, -0.15) is 13.2 Å². The first-order valence-corrected chi connectivity index (χ1v) is 11.2. The lowest BCUT2D eigenvalue weighted by atomic mass is 10.1. The number of nitrogens with zero attached hydrogens (tertiary/aromatic N) is 1. The maximum atomic E-state index is 13.6. The molecule has 2 N–H and O–H groups in total. The molecule has 172 valence electrons. The fourth-order valence-electron chi connectivity index (χ4n) is 3.46. The maximum absolute atomic E-state index is 13.6. The Morgan fingerprint density at radius 3 is 2.48 bits per heavy atom. The van der Waals surface area contributed by atoms with Crippen molar-refractivity contribution >= 4 is 21.4 Å². The number of anilines is 1. The van der Waals surface area contributed by atoms with E-state index in [0.717, 1.165) is 11.3 Å². The van der Waals surface area contributed by atoms with Crippen molar-refractivity contribution in [2.24, 2.45) is 0 Å². The maximum Gasteiger partial charge on any atom is 0.416 e. The number of rotatable bonds is 5. The summed E-state index contributed by atoms with van der Waals surface area (Å²) >= 11 is 0. The Kier molecular flexibility index (Phi) is 5.83. The van der Waals surface area contributed by atoms with Crippen LogP contribution in [0.4, 0.5) is 23.2 Å². The molecule has 0 spiro atoms. The van der Waals surface area contributed by atoms with Gasteiger partial charge in [-0.3, -0.25) is 9.78 Å². The molecule has 1 aliphatic rings. The Morgan fingerprint density at radius 2 is 1.82 bits per heavy atom. The van der Waals surface area contributed by atoms with Crippen LogP contribution in [0.15, 0.2) is 70.7 Å². The second-order valence-corrected chi connectivity index (χ2v) is 9.42. The number of nitrogens with one attached hydrogen (secondary N) is 2. The highest BCUT2D eigenvalue weighted by molar-refractivity contribution is 7.91. The number of carbonyl (C=O) groups is 1. The Bertz CT molecular complexity index is 1280. The molecule has 0 saturated carbocycles. The van der Waals surface area contributed by atoms with Gasteiger partial charge in [-0.25, -0.2) is 12.8 Å². The first-order chi connectivity index (χ1) is 15.5. The largest absolute Gasteiger partial charge is 0.416 e. The minimum absolute atomic E-state index is 0.115. The summed E-state index contributed by atoms with van der Waals surface area (Å²) in [7, 11) is -4.38. The van der Waals surface area contributed by atoms with E-state index in [1.165, 1.54) is 24.3 Å². The Hall–Kier alpha value is -3.47. The van der Waals surface area contributed by atoms with Gasteiger partial charge in [0.05, 0.1) is 15.4 Å². The summed E-state index contributed by atoms with van der Waals surface area (Å²) in [6.45, 7) is 0.115. The SMILES string of the molecule is O=C(NCc1ccc(S(=O)(=O)c2cc(F)cc(C(F)(F)F)c2)cc1)C1Cc2cnccc2N1. The number of fused-ring (bicyclic) bond motifs is 1. The number of aromatic nitrogens is 1. The van der Waals surface area contributed by atoms with Gasteiger partial charge in [0.25, 0.3) is 0 Å². The van der Waals surface area contributed by atoms with Crippen LogP contribution in [0, 0.1) is 5.82 Å². The van der Waals surface area contributed by atoms with Gasteiger partial charge in [0.2, 0.25) is 15.7 Å². The zero-order valence-electron chi connectivity index (χ0n) is 16.9. The average Bonchev–Trinajstić information content (AvgIpc) is 3.21. The van der Waals surface area contributed by atoms with Crippen molar-refractivity contribution in [2.75, 3.05) is 5.32 Å². The van der Waals surface area contributed by atoms with E-state index in [2.05, 4.69) is 15.6 Å². The average molecular weight is 479 g/mol. The van der Waals surface area contributed by atoms with Gasteiger partial charge in [-0.05, 0) is 47.5 Å². The fourth-order valence-corrected chi connectivity index (χ4v) is 4.78. The third kappa shape index (κ3) is 4.82. The van der Waals surface area contributed by atoms with Crippen LogP contribution in [0.5, 0.6) is 0 Å². The van der Waals surface area contributed by atoms with Gasteiger partial charge in [0, 0.05) is 31.0 Å². The molecule has 1 unspecified atom stereocenters. The Balaban J connectivity index is 1.44. The monoisotopic (exact) mass is 479 g/mol. The zero-order valence-corrected chi connectivity index (χ0v) is 17.7. The first kappa shape index (κ1) is 22.7. The summed E-state index contributed by atoms with van der Waals surface area (Å²) in [5.74, 6) is -1.55. The quantitative estimate of drug-likeness (QED) is 0.545. The molecule has 1 atom stereocenters. The van der Waals surface area contributed by atoms with E-state index in [-0.39, 0.29) is 23.4 Å². The van der Waals surface area contributed by atoms with E-state index in [1.807, 2.05) is 0 Å². The predicted molar refractivity (Wildman–Crippen MR) is 110 cm³/mol. The molecule has 2 aromatic carbocycles. The highest BCUT2D eigenvalue weighted by Gasteiger charge is 2.33. The van der Waals surface area contributed by atoms with Crippen molar-refractivity contribution in [1.29, 1.82) is 0 Å². The van der Waals surface area contributed by atoms with Crippen molar-refractivity contribution in [2.45, 2.75) is 35.0 Å². The van der Waals surface area contributed by atoms with Crippen molar-refractivity contribution in [3.63, 3.8) is 0 Å². The first-order valence-electron chi connectivity index (χ1n) is 9.73. The van der Waals surface area contributed by atoms with E-state index in [9.17, 15) is 30.8 Å². The van der Waals surface area contributed by atoms with E-state index in [1.54, 1.807) is 18.5 Å². The third-order valence-electron chi connectivity index (χ3n) is 5.18. The number of benzene rings is 2. The molecular formula is C22H17F4N3O3S. The summed E-state index contributed by atoms with van der Waals surface area (Å²) in [6.07, 6.45) is -1.10. The summed E-state index contributed by atoms with van der Waals surface area (Å²) in [4.78, 5) is 15.4. The number of hydrogen-bond acceptors (Lipinski definition) is 5. The van der Waals surface area contributed by atoms with E-state index in [4.69, 9.17) is 0 Å². The molecule has 0 fully saturated rings. The number of pyridine rings is 1. The van der Waals surface area contributed by atoms with Crippen LogP contribution >= 0.6 is 0 Å². The molecule has 33 heavy (non-hydrogen) atoms. The minimum Gasteiger partial charge on any atom is -0.373 e. The topological polar surface area (TPSA) is 88.2 Å². The smallest absolute Gasteiger partial charge is 0.373 e. The number of hydrogen-bond donors (Lipinski definition) is 2. The lowest BCUT2D eigenvalue weighted by molar-refractivity contribution is -0.138. The van der Waals surface area contributed by atoms with E-state index in [0.29, 0.717) is 24.1 Å². The lowest BCUT2D eigenvalue weighted by Gasteiger charge is -2.13. The number of carbonyl (C=O) groups excluding carboxylic acids is 1. The summed E-state index contributed by atoms with van der Waals surface area (Å²) in [6, 6.07) is 7.75.